The van der Waals surface area contributed by atoms with E-state index in [4.69, 9.17) is 0 Å². The van der Waals surface area contributed by atoms with Gasteiger partial charge in [0.05, 0.1) is 11.7 Å². The van der Waals surface area contributed by atoms with E-state index in [-0.39, 0.29) is 17.9 Å². The highest BCUT2D eigenvalue weighted by Crippen LogP contribution is 2.58. The first kappa shape index (κ1) is 19.3. The molecule has 0 bridgehead atoms. The Labute approximate surface area is 184 Å². The summed E-state index contributed by atoms with van der Waals surface area (Å²) in [6.45, 7) is 2.05. The summed E-state index contributed by atoms with van der Waals surface area (Å²) in [4.78, 5) is 22.1. The number of fused-ring (bicyclic) bond motifs is 7. The van der Waals surface area contributed by atoms with Gasteiger partial charge in [-0.05, 0) is 87.3 Å². The van der Waals surface area contributed by atoms with E-state index >= 15 is 0 Å². The number of amides is 1. The smallest absolute Gasteiger partial charge is 0.223 e. The van der Waals surface area contributed by atoms with Gasteiger partial charge in [-0.1, -0.05) is 12.1 Å². The van der Waals surface area contributed by atoms with Crippen molar-refractivity contribution >= 4 is 12.0 Å². The first-order valence-electron chi connectivity index (χ1n) is 12.1. The molecule has 0 spiro atoms. The second kappa shape index (κ2) is 7.61. The van der Waals surface area contributed by atoms with Gasteiger partial charge < -0.3 is 9.88 Å². The van der Waals surface area contributed by atoms with Crippen LogP contribution >= 0.6 is 0 Å². The van der Waals surface area contributed by atoms with Crippen molar-refractivity contribution in [3.05, 3.63) is 54.4 Å². The summed E-state index contributed by atoms with van der Waals surface area (Å²) in [7, 11) is 0. The predicted molar refractivity (Wildman–Crippen MR) is 120 cm³/mol. The van der Waals surface area contributed by atoms with Crippen LogP contribution in [0.3, 0.4) is 0 Å². The highest BCUT2D eigenvalue weighted by molar-refractivity contribution is 5.79. The Balaban J connectivity index is 1.15. The summed E-state index contributed by atoms with van der Waals surface area (Å²) >= 11 is 0. The second-order valence-corrected chi connectivity index (χ2v) is 10.2. The van der Waals surface area contributed by atoms with Crippen LogP contribution in [0.5, 0.6) is 0 Å². The van der Waals surface area contributed by atoms with Crippen molar-refractivity contribution in [3.8, 4) is 0 Å². The van der Waals surface area contributed by atoms with E-state index < -0.39 is 0 Å². The van der Waals surface area contributed by atoms with Crippen molar-refractivity contribution in [3.63, 3.8) is 0 Å². The molecular formula is C26H32N4O. The van der Waals surface area contributed by atoms with Crippen molar-refractivity contribution in [2.24, 2.45) is 35.5 Å². The summed E-state index contributed by atoms with van der Waals surface area (Å²) in [6.07, 6.45) is 17.9. The van der Waals surface area contributed by atoms with Gasteiger partial charge in [-0.3, -0.25) is 9.78 Å². The lowest BCUT2D eigenvalue weighted by atomic mass is 9.56. The molecule has 0 aromatic carbocycles. The molecule has 3 fully saturated rings. The molecule has 3 saturated carbocycles. The monoisotopic (exact) mass is 416 g/mol. The largest absolute Gasteiger partial charge is 0.348 e. The zero-order valence-corrected chi connectivity index (χ0v) is 18.2. The fourth-order valence-electron chi connectivity index (χ4n) is 7.59. The number of imidazole rings is 1. The zero-order chi connectivity index (χ0) is 20.9. The van der Waals surface area contributed by atoms with Crippen LogP contribution in [-0.4, -0.2) is 20.4 Å². The highest BCUT2D eigenvalue weighted by Gasteiger charge is 2.52. The Kier molecular flexibility index (Phi) is 4.73. The fourth-order valence-corrected chi connectivity index (χ4v) is 7.59. The maximum atomic E-state index is 13.2. The van der Waals surface area contributed by atoms with E-state index in [1.54, 1.807) is 6.20 Å². The predicted octanol–water partition coefficient (Wildman–Crippen LogP) is 4.80. The number of rotatable bonds is 3. The summed E-state index contributed by atoms with van der Waals surface area (Å²) in [5.41, 5.74) is 0.940. The van der Waals surface area contributed by atoms with Gasteiger partial charge in [0.2, 0.25) is 5.91 Å². The minimum Gasteiger partial charge on any atom is -0.348 e. The summed E-state index contributed by atoms with van der Waals surface area (Å²) in [5.74, 6) is 5.01. The van der Waals surface area contributed by atoms with Crippen molar-refractivity contribution in [2.45, 2.75) is 57.5 Å². The Hall–Kier alpha value is -2.43. The first-order valence-corrected chi connectivity index (χ1v) is 12.1. The van der Waals surface area contributed by atoms with Gasteiger partial charge in [-0.25, -0.2) is 4.98 Å². The van der Waals surface area contributed by atoms with Crippen LogP contribution in [0.25, 0.3) is 6.08 Å². The number of carbonyl (C=O) groups is 1. The number of carbonyl (C=O) groups excluding carboxylic acids is 1. The van der Waals surface area contributed by atoms with Crippen molar-refractivity contribution < 1.29 is 4.79 Å². The molecule has 5 heteroatoms. The van der Waals surface area contributed by atoms with Crippen molar-refractivity contribution in [2.75, 3.05) is 0 Å². The van der Waals surface area contributed by atoms with Gasteiger partial charge in [0.15, 0.2) is 0 Å². The Bertz CT molecular complexity index is 982. The number of aromatic nitrogens is 3. The highest BCUT2D eigenvalue weighted by atomic mass is 16.2. The van der Waals surface area contributed by atoms with E-state index in [1.165, 1.54) is 32.1 Å². The van der Waals surface area contributed by atoms with E-state index in [0.717, 1.165) is 35.7 Å². The number of nitrogens with one attached hydrogen (secondary N) is 1. The van der Waals surface area contributed by atoms with Gasteiger partial charge in [0.1, 0.15) is 5.82 Å². The lowest BCUT2D eigenvalue weighted by Crippen LogP contribution is -2.45. The third-order valence-electron chi connectivity index (χ3n) is 8.90. The lowest BCUT2D eigenvalue weighted by Gasteiger charge is -2.51. The van der Waals surface area contributed by atoms with Crippen LogP contribution in [0, 0.1) is 35.5 Å². The molecular weight excluding hydrogens is 384 g/mol. The van der Waals surface area contributed by atoms with E-state index in [0.29, 0.717) is 17.9 Å². The molecule has 162 valence electrons. The van der Waals surface area contributed by atoms with Crippen molar-refractivity contribution in [1.82, 2.24) is 19.9 Å². The SMILES string of the molecule is CC(NC(=O)[C@@H]1CC[C@H]2[C@@H]3CCC4[C@H](C=Cc5nccn54)[C@H]3CC[C@@H]21)c1ccccn1. The van der Waals surface area contributed by atoms with Gasteiger partial charge in [-0.2, -0.15) is 0 Å². The molecule has 2 aromatic heterocycles. The lowest BCUT2D eigenvalue weighted by molar-refractivity contribution is -0.128. The van der Waals surface area contributed by atoms with E-state index in [2.05, 4.69) is 38.2 Å². The molecule has 1 N–H and O–H groups in total. The zero-order valence-electron chi connectivity index (χ0n) is 18.2. The number of hydrogen-bond acceptors (Lipinski definition) is 3. The second-order valence-electron chi connectivity index (χ2n) is 10.2. The average molecular weight is 417 g/mol. The third kappa shape index (κ3) is 3.16. The van der Waals surface area contributed by atoms with Crippen LogP contribution in [0.4, 0.5) is 0 Å². The minimum atomic E-state index is -0.0312. The number of nitrogens with zero attached hydrogens (tertiary/aromatic N) is 3. The summed E-state index contributed by atoms with van der Waals surface area (Å²) in [5, 5.41) is 3.27. The molecule has 8 atom stereocenters. The maximum Gasteiger partial charge on any atom is 0.223 e. The molecule has 2 unspecified atom stereocenters. The van der Waals surface area contributed by atoms with Gasteiger partial charge in [0, 0.05) is 36.5 Å². The molecule has 1 aliphatic heterocycles. The first-order chi connectivity index (χ1) is 15.2. The number of hydrogen-bond donors (Lipinski definition) is 1. The molecule has 6 rings (SSSR count). The maximum absolute atomic E-state index is 13.2. The van der Waals surface area contributed by atoms with Crippen molar-refractivity contribution in [1.29, 1.82) is 0 Å². The molecule has 1 amide bonds. The van der Waals surface area contributed by atoms with E-state index in [9.17, 15) is 4.79 Å². The molecule has 31 heavy (non-hydrogen) atoms. The fraction of sp³-hybridized carbons (Fsp3) is 0.577. The van der Waals surface area contributed by atoms with Gasteiger partial charge in [-0.15, -0.1) is 0 Å². The van der Waals surface area contributed by atoms with Gasteiger partial charge >= 0.3 is 0 Å². The molecule has 0 saturated heterocycles. The Morgan fingerprint density at radius 3 is 2.68 bits per heavy atom. The molecule has 3 aliphatic carbocycles. The minimum absolute atomic E-state index is 0.0312. The van der Waals surface area contributed by atoms with Crippen LogP contribution in [0.15, 0.2) is 42.9 Å². The molecule has 2 aromatic rings. The van der Waals surface area contributed by atoms with Crippen LogP contribution in [0.2, 0.25) is 0 Å². The standard InChI is InChI=1S/C26H32N4O/c1-16(23-4-2-3-13-27-23)29-26(31)22-8-7-17-18-9-11-24-21(19(18)5-6-20(17)22)10-12-25-28-14-15-30(24)25/h2-4,10,12-22,24H,5-9,11H2,1H3,(H,29,31)/t16?,17-,18-,19-,20-,21+,22+,24?/m0/s1. The number of pyridine rings is 1. The average Bonchev–Trinajstić information content (AvgIpc) is 3.46. The molecule has 4 aliphatic rings. The Morgan fingerprint density at radius 1 is 1.00 bits per heavy atom. The molecule has 3 heterocycles. The van der Waals surface area contributed by atoms with Crippen LogP contribution < -0.4 is 5.32 Å². The van der Waals surface area contributed by atoms with E-state index in [1.807, 2.05) is 31.3 Å². The topological polar surface area (TPSA) is 59.8 Å². The quantitative estimate of drug-likeness (QED) is 0.782. The summed E-state index contributed by atoms with van der Waals surface area (Å²) in [6, 6.07) is 6.45. The summed E-state index contributed by atoms with van der Waals surface area (Å²) < 4.78 is 2.41. The van der Waals surface area contributed by atoms with Crippen LogP contribution in [-0.2, 0) is 4.79 Å². The normalized spacial score (nSPS) is 36.6. The third-order valence-corrected chi connectivity index (χ3v) is 8.90. The molecule has 5 nitrogen and oxygen atoms in total. The van der Waals surface area contributed by atoms with Gasteiger partial charge in [0.25, 0.3) is 0 Å². The molecule has 0 radical (unpaired) electrons. The van der Waals surface area contributed by atoms with Crippen LogP contribution in [0.1, 0.15) is 69.1 Å². The Morgan fingerprint density at radius 2 is 1.81 bits per heavy atom. The number of allylic oxidation sites excluding steroid dienone is 1.